The lowest BCUT2D eigenvalue weighted by molar-refractivity contribution is 0.110. The van der Waals surface area contributed by atoms with Crippen molar-refractivity contribution >= 4 is 11.3 Å². The molecule has 3 aromatic heterocycles. The number of aromatic nitrogens is 5. The number of piperidine rings is 1. The number of thiazole rings is 1. The quantitative estimate of drug-likeness (QED) is 0.721. The van der Waals surface area contributed by atoms with Crippen LogP contribution in [0, 0.1) is 6.92 Å². The zero-order chi connectivity index (χ0) is 16.4. The van der Waals surface area contributed by atoms with Crippen molar-refractivity contribution in [2.75, 3.05) is 6.54 Å². The first-order chi connectivity index (χ1) is 11.8. The molecule has 1 saturated heterocycles. The van der Waals surface area contributed by atoms with E-state index >= 15 is 0 Å². The molecule has 4 heterocycles. The van der Waals surface area contributed by atoms with E-state index in [0.717, 1.165) is 36.6 Å². The molecule has 1 fully saturated rings. The molecule has 1 unspecified atom stereocenters. The predicted octanol–water partition coefficient (Wildman–Crippen LogP) is 3.02. The molecular formula is C16H18N6OS. The molecule has 4 rings (SSSR count). The van der Waals surface area contributed by atoms with Crippen molar-refractivity contribution in [3.05, 3.63) is 40.4 Å². The second-order valence-corrected chi connectivity index (χ2v) is 6.93. The highest BCUT2D eigenvalue weighted by Gasteiger charge is 2.29. The van der Waals surface area contributed by atoms with Gasteiger partial charge in [0.1, 0.15) is 0 Å². The predicted molar refractivity (Wildman–Crippen MR) is 89.2 cm³/mol. The van der Waals surface area contributed by atoms with E-state index < -0.39 is 0 Å². The lowest BCUT2D eigenvalue weighted by Gasteiger charge is -2.32. The molecule has 1 aliphatic heterocycles. The van der Waals surface area contributed by atoms with Gasteiger partial charge in [0, 0.05) is 24.3 Å². The summed E-state index contributed by atoms with van der Waals surface area (Å²) in [5.41, 5.74) is 1.11. The van der Waals surface area contributed by atoms with Gasteiger partial charge in [0.2, 0.25) is 17.5 Å². The van der Waals surface area contributed by atoms with Crippen LogP contribution in [0.3, 0.4) is 0 Å². The van der Waals surface area contributed by atoms with E-state index in [4.69, 9.17) is 4.52 Å². The average Bonchev–Trinajstić information content (AvgIpc) is 3.26. The van der Waals surface area contributed by atoms with Crippen LogP contribution in [0.2, 0.25) is 0 Å². The second kappa shape index (κ2) is 6.74. The normalized spacial score (nSPS) is 18.8. The molecule has 1 atom stereocenters. The highest BCUT2D eigenvalue weighted by molar-refractivity contribution is 7.09. The number of nitrogens with zero attached hydrogens (tertiary/aromatic N) is 6. The Balaban J connectivity index is 1.55. The van der Waals surface area contributed by atoms with Crippen LogP contribution in [0.5, 0.6) is 0 Å². The van der Waals surface area contributed by atoms with Gasteiger partial charge in [0.25, 0.3) is 0 Å². The molecule has 124 valence electrons. The summed E-state index contributed by atoms with van der Waals surface area (Å²) in [5, 5.41) is 7.28. The summed E-state index contributed by atoms with van der Waals surface area (Å²) in [6.07, 6.45) is 6.71. The molecule has 0 bridgehead atoms. The lowest BCUT2D eigenvalue weighted by atomic mass is 10.0. The molecular weight excluding hydrogens is 324 g/mol. The minimum absolute atomic E-state index is 0.130. The average molecular weight is 342 g/mol. The molecule has 0 aromatic carbocycles. The highest BCUT2D eigenvalue weighted by atomic mass is 32.1. The van der Waals surface area contributed by atoms with Crippen molar-refractivity contribution in [3.63, 3.8) is 0 Å². The summed E-state index contributed by atoms with van der Waals surface area (Å²) >= 11 is 1.69. The topological polar surface area (TPSA) is 80.8 Å². The van der Waals surface area contributed by atoms with E-state index in [9.17, 15) is 0 Å². The van der Waals surface area contributed by atoms with E-state index in [2.05, 4.69) is 35.4 Å². The van der Waals surface area contributed by atoms with Gasteiger partial charge in [0.15, 0.2) is 0 Å². The van der Waals surface area contributed by atoms with Crippen LogP contribution < -0.4 is 0 Å². The first-order valence-electron chi connectivity index (χ1n) is 8.05. The Morgan fingerprint density at radius 2 is 2.08 bits per heavy atom. The second-order valence-electron chi connectivity index (χ2n) is 5.87. The van der Waals surface area contributed by atoms with E-state index in [0.29, 0.717) is 17.5 Å². The van der Waals surface area contributed by atoms with Crippen molar-refractivity contribution in [2.24, 2.45) is 0 Å². The van der Waals surface area contributed by atoms with Crippen molar-refractivity contribution in [2.45, 2.75) is 38.8 Å². The molecule has 1 aliphatic rings. The van der Waals surface area contributed by atoms with Crippen LogP contribution in [0.4, 0.5) is 0 Å². The molecule has 0 N–H and O–H groups in total. The van der Waals surface area contributed by atoms with E-state index in [1.54, 1.807) is 29.8 Å². The van der Waals surface area contributed by atoms with E-state index in [-0.39, 0.29) is 6.04 Å². The van der Waals surface area contributed by atoms with Gasteiger partial charge in [-0.15, -0.1) is 11.3 Å². The number of hydrogen-bond acceptors (Lipinski definition) is 8. The standard InChI is InChI=1S/C16H18N6OS/c1-11-19-12(10-24-11)9-22-8-3-2-5-13(22)16-20-15(21-23-16)14-17-6-4-7-18-14/h4,6-7,10,13H,2-3,5,8-9H2,1H3. The van der Waals surface area contributed by atoms with Gasteiger partial charge in [-0.05, 0) is 32.4 Å². The van der Waals surface area contributed by atoms with Crippen LogP contribution in [-0.2, 0) is 6.54 Å². The molecule has 24 heavy (non-hydrogen) atoms. The largest absolute Gasteiger partial charge is 0.337 e. The molecule has 0 radical (unpaired) electrons. The van der Waals surface area contributed by atoms with Crippen LogP contribution in [0.25, 0.3) is 11.6 Å². The molecule has 0 amide bonds. The van der Waals surface area contributed by atoms with Crippen molar-refractivity contribution in [1.29, 1.82) is 0 Å². The van der Waals surface area contributed by atoms with Gasteiger partial charge in [-0.2, -0.15) is 4.98 Å². The molecule has 0 aliphatic carbocycles. The summed E-state index contributed by atoms with van der Waals surface area (Å²) in [7, 11) is 0. The van der Waals surface area contributed by atoms with Gasteiger partial charge in [0.05, 0.1) is 16.7 Å². The number of likely N-dealkylation sites (tertiary alicyclic amines) is 1. The minimum atomic E-state index is 0.130. The Bertz CT molecular complexity index is 802. The fourth-order valence-corrected chi connectivity index (χ4v) is 3.63. The van der Waals surface area contributed by atoms with Crippen molar-refractivity contribution < 1.29 is 4.52 Å². The van der Waals surface area contributed by atoms with Crippen LogP contribution >= 0.6 is 11.3 Å². The number of aryl methyl sites for hydroxylation is 1. The van der Waals surface area contributed by atoms with Gasteiger partial charge < -0.3 is 4.52 Å². The monoisotopic (exact) mass is 342 g/mol. The zero-order valence-corrected chi connectivity index (χ0v) is 14.2. The summed E-state index contributed by atoms with van der Waals surface area (Å²) in [5.74, 6) is 1.58. The Labute approximate surface area is 143 Å². The smallest absolute Gasteiger partial charge is 0.244 e. The highest BCUT2D eigenvalue weighted by Crippen LogP contribution is 2.32. The third kappa shape index (κ3) is 3.20. The third-order valence-corrected chi connectivity index (χ3v) is 4.96. The van der Waals surface area contributed by atoms with Crippen LogP contribution in [-0.4, -0.2) is 36.5 Å². The maximum absolute atomic E-state index is 5.53. The molecule has 8 heteroatoms. The summed E-state index contributed by atoms with van der Waals surface area (Å²) in [6.45, 7) is 3.86. The fraction of sp³-hybridized carbons (Fsp3) is 0.438. The van der Waals surface area contributed by atoms with E-state index in [1.807, 2.05) is 6.92 Å². The van der Waals surface area contributed by atoms with Crippen molar-refractivity contribution in [1.82, 2.24) is 30.0 Å². The number of hydrogen-bond donors (Lipinski definition) is 0. The molecule has 0 spiro atoms. The fourth-order valence-electron chi connectivity index (χ4n) is 3.02. The van der Waals surface area contributed by atoms with Gasteiger partial charge in [-0.25, -0.2) is 15.0 Å². The van der Waals surface area contributed by atoms with E-state index in [1.165, 1.54) is 6.42 Å². The Hall–Kier alpha value is -2.19. The van der Waals surface area contributed by atoms with Gasteiger partial charge >= 0.3 is 0 Å². The Kier molecular flexibility index (Phi) is 4.31. The Morgan fingerprint density at radius 1 is 1.21 bits per heavy atom. The first kappa shape index (κ1) is 15.3. The van der Waals surface area contributed by atoms with Crippen LogP contribution in [0.1, 0.15) is 41.9 Å². The van der Waals surface area contributed by atoms with Gasteiger partial charge in [-0.3, -0.25) is 4.90 Å². The Morgan fingerprint density at radius 3 is 2.88 bits per heavy atom. The lowest BCUT2D eigenvalue weighted by Crippen LogP contribution is -2.33. The first-order valence-corrected chi connectivity index (χ1v) is 8.93. The molecule has 3 aromatic rings. The SMILES string of the molecule is Cc1nc(CN2CCCCC2c2nc(-c3ncccn3)no2)cs1. The van der Waals surface area contributed by atoms with Gasteiger partial charge in [-0.1, -0.05) is 11.6 Å². The summed E-state index contributed by atoms with van der Waals surface area (Å²) in [6, 6.07) is 1.90. The summed E-state index contributed by atoms with van der Waals surface area (Å²) in [4.78, 5) is 19.8. The minimum Gasteiger partial charge on any atom is -0.337 e. The summed E-state index contributed by atoms with van der Waals surface area (Å²) < 4.78 is 5.53. The third-order valence-electron chi connectivity index (χ3n) is 4.14. The molecule has 0 saturated carbocycles. The van der Waals surface area contributed by atoms with Crippen LogP contribution in [0.15, 0.2) is 28.4 Å². The zero-order valence-electron chi connectivity index (χ0n) is 13.4. The maximum atomic E-state index is 5.53. The van der Waals surface area contributed by atoms with Crippen molar-refractivity contribution in [3.8, 4) is 11.6 Å². The maximum Gasteiger partial charge on any atom is 0.244 e. The number of rotatable bonds is 4. The molecule has 7 nitrogen and oxygen atoms in total.